The Hall–Kier alpha value is -3.66. The molecule has 0 unspecified atom stereocenters. The van der Waals surface area contributed by atoms with Gasteiger partial charge < -0.3 is 14.6 Å². The van der Waals surface area contributed by atoms with Crippen molar-refractivity contribution in [3.63, 3.8) is 0 Å². The van der Waals surface area contributed by atoms with Gasteiger partial charge in [0, 0.05) is 23.8 Å². The van der Waals surface area contributed by atoms with Gasteiger partial charge in [0.2, 0.25) is 0 Å². The van der Waals surface area contributed by atoms with E-state index < -0.39 is 26.4 Å². The quantitative estimate of drug-likeness (QED) is 0.480. The van der Waals surface area contributed by atoms with Gasteiger partial charge in [-0.15, -0.1) is 0 Å². The number of aromatic amines is 1. The summed E-state index contributed by atoms with van der Waals surface area (Å²) in [5.41, 5.74) is 0.332. The lowest BCUT2D eigenvalue weighted by Crippen LogP contribution is -2.41. The molecule has 37 heavy (non-hydrogen) atoms. The molecule has 4 rings (SSSR count). The average molecular weight is 525 g/mol. The highest BCUT2D eigenvalue weighted by Crippen LogP contribution is 2.39. The number of aromatic nitrogens is 2. The smallest absolute Gasteiger partial charge is 0.269 e. The van der Waals surface area contributed by atoms with Crippen LogP contribution >= 0.6 is 0 Å². The van der Waals surface area contributed by atoms with Gasteiger partial charge in [-0.2, -0.15) is 0 Å². The maximum Gasteiger partial charge on any atom is 0.269 e. The summed E-state index contributed by atoms with van der Waals surface area (Å²) in [6.07, 6.45) is 2.15. The first-order valence-electron chi connectivity index (χ1n) is 12.2. The van der Waals surface area contributed by atoms with Crippen LogP contribution in [-0.4, -0.2) is 42.5 Å². The second kappa shape index (κ2) is 10.0. The van der Waals surface area contributed by atoms with Gasteiger partial charge in [-0.05, 0) is 76.4 Å². The molecule has 196 valence electrons. The zero-order valence-corrected chi connectivity index (χ0v) is 22.4. The van der Waals surface area contributed by atoms with Crippen molar-refractivity contribution in [1.82, 2.24) is 14.7 Å². The summed E-state index contributed by atoms with van der Waals surface area (Å²) in [5.74, 6) is 0.521. The zero-order valence-electron chi connectivity index (χ0n) is 21.6. The summed E-state index contributed by atoms with van der Waals surface area (Å²) in [5, 5.41) is 0. The predicted octanol–water partition coefficient (Wildman–Crippen LogP) is 3.97. The summed E-state index contributed by atoms with van der Waals surface area (Å²) < 4.78 is 33.8. The van der Waals surface area contributed by atoms with Gasteiger partial charge in [-0.1, -0.05) is 19.1 Å². The molecule has 1 saturated heterocycles. The number of carbonyl (C=O) groups is 1. The van der Waals surface area contributed by atoms with Crippen LogP contribution in [0.15, 0.2) is 64.4 Å². The lowest BCUT2D eigenvalue weighted by molar-refractivity contribution is 0.0981. The molecule has 2 N–H and O–H groups in total. The van der Waals surface area contributed by atoms with Gasteiger partial charge in [0.05, 0.1) is 17.4 Å². The highest BCUT2D eigenvalue weighted by molar-refractivity contribution is 7.90. The highest BCUT2D eigenvalue weighted by atomic mass is 32.2. The first-order valence-corrected chi connectivity index (χ1v) is 13.7. The van der Waals surface area contributed by atoms with Gasteiger partial charge >= 0.3 is 0 Å². The molecule has 2 aromatic heterocycles. The van der Waals surface area contributed by atoms with Crippen molar-refractivity contribution in [3.05, 3.63) is 70.6 Å². The first kappa shape index (κ1) is 26.4. The van der Waals surface area contributed by atoms with Crippen molar-refractivity contribution in [3.8, 4) is 17.0 Å². The van der Waals surface area contributed by atoms with E-state index in [2.05, 4.69) is 30.5 Å². The van der Waals surface area contributed by atoms with Crippen LogP contribution in [0.3, 0.4) is 0 Å². The van der Waals surface area contributed by atoms with Crippen molar-refractivity contribution in [1.29, 1.82) is 0 Å². The van der Waals surface area contributed by atoms with Crippen molar-refractivity contribution < 1.29 is 17.9 Å². The number of nitrogens with zero attached hydrogens (tertiary/aromatic N) is 2. The van der Waals surface area contributed by atoms with Gasteiger partial charge in [0.25, 0.3) is 21.5 Å². The largest absolute Gasteiger partial charge is 0.490 e. The summed E-state index contributed by atoms with van der Waals surface area (Å²) in [6.45, 7) is 10.8. The number of hydrogen-bond acceptors (Lipinski definition) is 7. The maximum absolute atomic E-state index is 13.4. The lowest BCUT2D eigenvalue weighted by Gasteiger charge is -2.34. The number of anilines is 1. The Morgan fingerprint density at radius 2 is 1.89 bits per heavy atom. The van der Waals surface area contributed by atoms with E-state index in [0.717, 1.165) is 18.1 Å². The molecule has 1 aromatic carbocycles. The number of para-hydroxylation sites is 1. The number of pyridine rings is 2. The van der Waals surface area contributed by atoms with Crippen molar-refractivity contribution >= 4 is 21.7 Å². The molecular weight excluding hydrogens is 492 g/mol. The Morgan fingerprint density at radius 1 is 1.16 bits per heavy atom. The number of nitrogens with one attached hydrogen (secondary N) is 2. The Labute approximate surface area is 217 Å². The number of ether oxygens (including phenoxy) is 1. The first-order chi connectivity index (χ1) is 17.4. The molecule has 3 aromatic rings. The predicted molar refractivity (Wildman–Crippen MR) is 142 cm³/mol. The molecule has 1 fully saturated rings. The molecule has 0 radical (unpaired) electrons. The van der Waals surface area contributed by atoms with Crippen LogP contribution in [0.25, 0.3) is 11.3 Å². The fraction of sp³-hybridized carbons (Fsp3) is 0.370. The number of sulfonamides is 1. The molecule has 1 aliphatic rings. The van der Waals surface area contributed by atoms with Gasteiger partial charge in [0.1, 0.15) is 11.6 Å². The molecule has 1 amide bonds. The maximum atomic E-state index is 13.4. The van der Waals surface area contributed by atoms with Gasteiger partial charge in [0.15, 0.2) is 4.90 Å². The minimum atomic E-state index is -4.41. The van der Waals surface area contributed by atoms with Gasteiger partial charge in [-0.3, -0.25) is 9.59 Å². The summed E-state index contributed by atoms with van der Waals surface area (Å²) in [6, 6.07) is 13.3. The van der Waals surface area contributed by atoms with Crippen LogP contribution in [0.1, 0.15) is 51.4 Å². The summed E-state index contributed by atoms with van der Waals surface area (Å²) in [7, 11) is -4.41. The van der Waals surface area contributed by atoms with Crippen molar-refractivity contribution in [2.75, 3.05) is 11.4 Å². The third-order valence-corrected chi connectivity index (χ3v) is 7.63. The second-order valence-corrected chi connectivity index (χ2v) is 11.9. The van der Waals surface area contributed by atoms with E-state index in [1.807, 2.05) is 43.0 Å². The van der Waals surface area contributed by atoms with Crippen molar-refractivity contribution in [2.45, 2.75) is 57.6 Å². The highest BCUT2D eigenvalue weighted by Gasteiger charge is 2.39. The normalized spacial score (nSPS) is 17.1. The molecule has 9 nitrogen and oxygen atoms in total. The van der Waals surface area contributed by atoms with E-state index in [9.17, 15) is 18.0 Å². The van der Waals surface area contributed by atoms with E-state index >= 15 is 0 Å². The fourth-order valence-electron chi connectivity index (χ4n) is 4.83. The average Bonchev–Trinajstić information content (AvgIpc) is 3.10. The molecule has 1 atom stereocenters. The SMILES string of the molecule is CC(C)Oc1ccccc1-c1ccc(C(=O)NS(=O)(=O)c2ccc[nH]c2=O)c(N2C[C@@H](C)CC2(C)C)n1. The number of amides is 1. The van der Waals surface area contributed by atoms with Gasteiger partial charge in [-0.25, -0.2) is 18.1 Å². The second-order valence-electron chi connectivity index (χ2n) is 10.3. The standard InChI is InChI=1S/C27H32N4O5S/c1-17(2)36-22-10-7-6-9-19(22)21-13-12-20(24(29-21)31-16-18(3)15-27(31,4)5)25(32)30-37(34,35)23-11-8-14-28-26(23)33/h6-14,17-18H,15-16H2,1-5H3,(H,28,33)(H,30,32)/t18-/m0/s1. The minimum absolute atomic E-state index is 0.0459. The van der Waals surface area contributed by atoms with Crippen LogP contribution in [0, 0.1) is 5.92 Å². The Bertz CT molecular complexity index is 1480. The number of H-pyrrole nitrogens is 1. The lowest BCUT2D eigenvalue weighted by atomic mass is 9.97. The zero-order chi connectivity index (χ0) is 27.0. The Balaban J connectivity index is 1.81. The van der Waals surface area contributed by atoms with Crippen LogP contribution < -0.4 is 19.9 Å². The van der Waals surface area contributed by atoms with E-state index in [1.54, 1.807) is 12.1 Å². The Morgan fingerprint density at radius 3 is 2.54 bits per heavy atom. The topological polar surface area (TPSA) is 121 Å². The number of carbonyl (C=O) groups excluding carboxylic acids is 1. The third-order valence-electron chi connectivity index (χ3n) is 6.27. The van der Waals surface area contributed by atoms with Crippen LogP contribution in [-0.2, 0) is 10.0 Å². The molecule has 1 aliphatic heterocycles. The van der Waals surface area contributed by atoms with E-state index in [1.165, 1.54) is 12.3 Å². The summed E-state index contributed by atoms with van der Waals surface area (Å²) in [4.78, 5) is 34.2. The molecule has 0 aliphatic carbocycles. The van der Waals surface area contributed by atoms with E-state index in [0.29, 0.717) is 29.7 Å². The molecular formula is C27H32N4O5S. The summed E-state index contributed by atoms with van der Waals surface area (Å²) >= 11 is 0. The molecule has 3 heterocycles. The van der Waals surface area contributed by atoms with Crippen molar-refractivity contribution in [2.24, 2.45) is 5.92 Å². The monoisotopic (exact) mass is 524 g/mol. The molecule has 0 saturated carbocycles. The molecule has 0 spiro atoms. The molecule has 0 bridgehead atoms. The Kier molecular flexibility index (Phi) is 7.14. The van der Waals surface area contributed by atoms with Crippen LogP contribution in [0.5, 0.6) is 5.75 Å². The van der Waals surface area contributed by atoms with E-state index in [4.69, 9.17) is 9.72 Å². The van der Waals surface area contributed by atoms with E-state index in [-0.39, 0.29) is 17.2 Å². The number of rotatable bonds is 7. The fourth-order valence-corrected chi connectivity index (χ4v) is 5.85. The van der Waals surface area contributed by atoms with Crippen LogP contribution in [0.4, 0.5) is 5.82 Å². The van der Waals surface area contributed by atoms with Crippen LogP contribution in [0.2, 0.25) is 0 Å². The minimum Gasteiger partial charge on any atom is -0.490 e. The number of hydrogen-bond donors (Lipinski definition) is 2. The molecule has 10 heteroatoms. The third kappa shape index (κ3) is 5.53. The number of benzene rings is 1.